The zero-order valence-corrected chi connectivity index (χ0v) is 15.1. The van der Waals surface area contributed by atoms with Crippen LogP contribution in [0.25, 0.3) is 10.9 Å². The summed E-state index contributed by atoms with van der Waals surface area (Å²) in [5.41, 5.74) is -0.414. The highest BCUT2D eigenvalue weighted by Crippen LogP contribution is 2.40. The second-order valence-corrected chi connectivity index (χ2v) is 7.50. The number of carboxylic acids is 1. The molecule has 1 fully saturated rings. The highest BCUT2D eigenvalue weighted by Gasteiger charge is 2.32. The average molecular weight is 400 g/mol. The molecule has 1 aromatic heterocycles. The number of fused-ring (bicyclic) bond motifs is 2. The van der Waals surface area contributed by atoms with E-state index in [4.69, 9.17) is 0 Å². The van der Waals surface area contributed by atoms with Gasteiger partial charge in [-0.3, -0.25) is 4.79 Å². The number of carbonyl (C=O) groups is 1. The maximum absolute atomic E-state index is 15.6. The number of halogens is 3. The van der Waals surface area contributed by atoms with Gasteiger partial charge in [0.05, 0.1) is 10.9 Å². The molecule has 0 saturated heterocycles. The third kappa shape index (κ3) is 2.70. The van der Waals surface area contributed by atoms with E-state index in [2.05, 4.69) is 0 Å². The fraction of sp³-hybridized carbons (Fsp3) is 0.238. The second kappa shape index (κ2) is 6.10. The highest BCUT2D eigenvalue weighted by molar-refractivity contribution is 5.94. The van der Waals surface area contributed by atoms with Gasteiger partial charge in [-0.15, -0.1) is 0 Å². The Labute approximate surface area is 162 Å². The van der Waals surface area contributed by atoms with Gasteiger partial charge in [0, 0.05) is 25.3 Å². The smallest absolute Gasteiger partial charge is 0.341 e. The van der Waals surface area contributed by atoms with Crippen molar-refractivity contribution in [3.8, 4) is 0 Å². The largest absolute Gasteiger partial charge is 0.477 e. The van der Waals surface area contributed by atoms with Crippen LogP contribution in [0.15, 0.2) is 35.3 Å². The Balaban J connectivity index is 1.73. The van der Waals surface area contributed by atoms with Crippen LogP contribution >= 0.6 is 0 Å². The van der Waals surface area contributed by atoms with Crippen LogP contribution in [-0.2, 0) is 13.1 Å². The molecule has 0 spiro atoms. The van der Waals surface area contributed by atoms with Gasteiger partial charge in [-0.2, -0.15) is 0 Å². The zero-order chi connectivity index (χ0) is 20.4. The van der Waals surface area contributed by atoms with E-state index in [-0.39, 0.29) is 35.7 Å². The van der Waals surface area contributed by atoms with Crippen molar-refractivity contribution in [3.05, 3.63) is 74.8 Å². The number of rotatable bonds is 3. The van der Waals surface area contributed by atoms with E-state index in [9.17, 15) is 23.5 Å². The van der Waals surface area contributed by atoms with E-state index < -0.39 is 34.4 Å². The summed E-state index contributed by atoms with van der Waals surface area (Å²) in [5.74, 6) is -3.72. The molecule has 5 rings (SSSR count). The van der Waals surface area contributed by atoms with Gasteiger partial charge in [-0.1, -0.05) is 6.07 Å². The van der Waals surface area contributed by atoms with Gasteiger partial charge in [0.2, 0.25) is 5.43 Å². The van der Waals surface area contributed by atoms with E-state index in [1.54, 1.807) is 6.07 Å². The standard InChI is InChI=1S/C21H15F3N2O3/c22-12-2-1-10-7-25(8-11(10)5-12)19-16(23)6-14-18(17(19)24)26(13-3-4-13)9-15(20(14)27)21(28)29/h1-2,5-6,9,13H,3-4,7-8H2,(H,28,29). The summed E-state index contributed by atoms with van der Waals surface area (Å²) < 4.78 is 45.5. The van der Waals surface area contributed by atoms with Crippen molar-refractivity contribution >= 4 is 22.6 Å². The average Bonchev–Trinajstić information content (AvgIpc) is 3.42. The predicted molar refractivity (Wildman–Crippen MR) is 99.6 cm³/mol. The maximum Gasteiger partial charge on any atom is 0.341 e. The molecule has 2 aromatic carbocycles. The summed E-state index contributed by atoms with van der Waals surface area (Å²) in [6.07, 6.45) is 2.58. The molecule has 1 aliphatic carbocycles. The van der Waals surface area contributed by atoms with Crippen molar-refractivity contribution in [2.24, 2.45) is 0 Å². The molecule has 0 atom stereocenters. The van der Waals surface area contributed by atoms with E-state index in [0.717, 1.165) is 30.7 Å². The van der Waals surface area contributed by atoms with Crippen LogP contribution in [-0.4, -0.2) is 15.6 Å². The molecular weight excluding hydrogens is 385 g/mol. The monoisotopic (exact) mass is 400 g/mol. The molecule has 0 unspecified atom stereocenters. The summed E-state index contributed by atoms with van der Waals surface area (Å²) in [6, 6.07) is 5.00. The van der Waals surface area contributed by atoms with E-state index in [0.29, 0.717) is 5.56 Å². The topological polar surface area (TPSA) is 62.5 Å². The quantitative estimate of drug-likeness (QED) is 0.723. The lowest BCUT2D eigenvalue weighted by Gasteiger charge is -2.22. The van der Waals surface area contributed by atoms with Gasteiger partial charge >= 0.3 is 5.97 Å². The number of hydrogen-bond donors (Lipinski definition) is 1. The lowest BCUT2D eigenvalue weighted by atomic mass is 10.1. The number of anilines is 1. The van der Waals surface area contributed by atoms with Gasteiger partial charge in [0.25, 0.3) is 0 Å². The number of benzene rings is 2. The van der Waals surface area contributed by atoms with Crippen LogP contribution in [0, 0.1) is 17.5 Å². The Kier molecular flexibility index (Phi) is 3.74. The van der Waals surface area contributed by atoms with Crippen molar-refractivity contribution in [1.29, 1.82) is 0 Å². The van der Waals surface area contributed by atoms with Crippen molar-refractivity contribution in [2.45, 2.75) is 32.0 Å². The minimum absolute atomic E-state index is 0.0963. The minimum Gasteiger partial charge on any atom is -0.477 e. The number of aromatic carboxylic acids is 1. The highest BCUT2D eigenvalue weighted by atomic mass is 19.1. The van der Waals surface area contributed by atoms with Crippen molar-refractivity contribution in [2.75, 3.05) is 4.90 Å². The molecule has 5 nitrogen and oxygen atoms in total. The second-order valence-electron chi connectivity index (χ2n) is 7.50. The first-order chi connectivity index (χ1) is 13.8. The summed E-state index contributed by atoms with van der Waals surface area (Å²) in [6.45, 7) is 0.336. The molecule has 1 saturated carbocycles. The minimum atomic E-state index is -1.44. The third-order valence-electron chi connectivity index (χ3n) is 5.56. The summed E-state index contributed by atoms with van der Waals surface area (Å²) in [5, 5.41) is 9.01. The molecule has 0 amide bonds. The van der Waals surface area contributed by atoms with Gasteiger partial charge in [0.15, 0.2) is 5.82 Å². The van der Waals surface area contributed by atoms with Gasteiger partial charge < -0.3 is 14.6 Å². The summed E-state index contributed by atoms with van der Waals surface area (Å²) in [7, 11) is 0. The van der Waals surface area contributed by atoms with Crippen LogP contribution in [0.1, 0.15) is 40.4 Å². The first-order valence-electron chi connectivity index (χ1n) is 9.17. The van der Waals surface area contributed by atoms with Crippen LogP contribution in [0.5, 0.6) is 0 Å². The van der Waals surface area contributed by atoms with Gasteiger partial charge in [-0.25, -0.2) is 18.0 Å². The predicted octanol–water partition coefficient (Wildman–Crippen LogP) is 3.97. The van der Waals surface area contributed by atoms with Gasteiger partial charge in [0.1, 0.15) is 22.9 Å². The van der Waals surface area contributed by atoms with E-state index in [1.807, 2.05) is 0 Å². The number of carboxylic acid groups (broad SMARTS) is 1. The molecule has 8 heteroatoms. The molecule has 148 valence electrons. The van der Waals surface area contributed by atoms with Crippen LogP contribution < -0.4 is 10.3 Å². The molecule has 3 aromatic rings. The van der Waals surface area contributed by atoms with Crippen LogP contribution in [0.2, 0.25) is 0 Å². The fourth-order valence-corrected chi connectivity index (χ4v) is 4.04. The lowest BCUT2D eigenvalue weighted by molar-refractivity contribution is 0.0694. The Hall–Kier alpha value is -3.29. The SMILES string of the molecule is O=C(O)c1cn(C2CC2)c2c(F)c(N3Cc4ccc(F)cc4C3)c(F)cc2c1=O. The number of hydrogen-bond acceptors (Lipinski definition) is 3. The first-order valence-corrected chi connectivity index (χ1v) is 9.17. The summed E-state index contributed by atoms with van der Waals surface area (Å²) >= 11 is 0. The summed E-state index contributed by atoms with van der Waals surface area (Å²) in [4.78, 5) is 25.4. The molecule has 0 bridgehead atoms. The van der Waals surface area contributed by atoms with E-state index in [1.165, 1.54) is 21.6 Å². The number of nitrogens with zero attached hydrogens (tertiary/aromatic N) is 2. The normalized spacial score (nSPS) is 15.8. The molecule has 2 heterocycles. The fourth-order valence-electron chi connectivity index (χ4n) is 4.04. The van der Waals surface area contributed by atoms with Gasteiger partial charge in [-0.05, 0) is 42.2 Å². The zero-order valence-electron chi connectivity index (χ0n) is 15.1. The lowest BCUT2D eigenvalue weighted by Crippen LogP contribution is -2.22. The maximum atomic E-state index is 15.6. The Morgan fingerprint density at radius 3 is 2.48 bits per heavy atom. The Morgan fingerprint density at radius 1 is 1.07 bits per heavy atom. The van der Waals surface area contributed by atoms with Crippen LogP contribution in [0.4, 0.5) is 18.9 Å². The molecule has 29 heavy (non-hydrogen) atoms. The van der Waals surface area contributed by atoms with Crippen molar-refractivity contribution in [1.82, 2.24) is 4.57 Å². The molecule has 0 radical (unpaired) electrons. The van der Waals surface area contributed by atoms with E-state index >= 15 is 4.39 Å². The van der Waals surface area contributed by atoms with Crippen molar-refractivity contribution in [3.63, 3.8) is 0 Å². The first kappa shape index (κ1) is 17.8. The Bertz CT molecular complexity index is 1260. The molecule has 2 aliphatic rings. The third-order valence-corrected chi connectivity index (χ3v) is 5.56. The molecule has 1 aliphatic heterocycles. The number of aromatic nitrogens is 1. The molecular formula is C21H15F3N2O3. The van der Waals surface area contributed by atoms with Crippen molar-refractivity contribution < 1.29 is 23.1 Å². The molecule has 1 N–H and O–H groups in total. The number of pyridine rings is 1. The van der Waals surface area contributed by atoms with Crippen LogP contribution in [0.3, 0.4) is 0 Å². The Morgan fingerprint density at radius 2 is 1.79 bits per heavy atom.